The first-order valence-corrected chi connectivity index (χ1v) is 11.2. The van der Waals surface area contributed by atoms with E-state index in [1.807, 2.05) is 26.0 Å². The summed E-state index contributed by atoms with van der Waals surface area (Å²) in [6.45, 7) is 5.19. The lowest BCUT2D eigenvalue weighted by Gasteiger charge is -2.32. The van der Waals surface area contributed by atoms with Crippen LogP contribution in [0.25, 0.3) is 0 Å². The van der Waals surface area contributed by atoms with Gasteiger partial charge < -0.3 is 4.90 Å². The molecule has 1 aliphatic rings. The third-order valence-corrected chi connectivity index (χ3v) is 7.45. The van der Waals surface area contributed by atoms with E-state index in [0.717, 1.165) is 23.3 Å². The second kappa shape index (κ2) is 8.63. The summed E-state index contributed by atoms with van der Waals surface area (Å²) in [5.74, 6) is -0.616. The molecule has 0 saturated carbocycles. The molecule has 0 aliphatic carbocycles. The molecular weight excluding hydrogens is 391 g/mol. The Morgan fingerprint density at radius 2 is 1.72 bits per heavy atom. The molecule has 0 spiro atoms. The maximum absolute atomic E-state index is 13.1. The number of amides is 1. The maximum atomic E-state index is 13.1. The molecule has 1 amide bonds. The normalized spacial score (nSPS) is 16.0. The molecule has 2 aromatic rings. The van der Waals surface area contributed by atoms with Gasteiger partial charge in [-0.05, 0) is 62.1 Å². The first-order chi connectivity index (χ1) is 13.7. The second-order valence-electron chi connectivity index (χ2n) is 7.76. The van der Waals surface area contributed by atoms with Crippen LogP contribution in [0.3, 0.4) is 0 Å². The number of hydrogen-bond acceptors (Lipinski definition) is 3. The Kier molecular flexibility index (Phi) is 6.39. The number of piperidine rings is 1. The summed E-state index contributed by atoms with van der Waals surface area (Å²) in [6, 6.07) is 11.0. The molecule has 0 unspecified atom stereocenters. The lowest BCUT2D eigenvalue weighted by atomic mass is 9.96. The van der Waals surface area contributed by atoms with Crippen molar-refractivity contribution in [2.45, 2.75) is 38.1 Å². The molecule has 0 N–H and O–H groups in total. The zero-order valence-electron chi connectivity index (χ0n) is 17.1. The van der Waals surface area contributed by atoms with Crippen LogP contribution in [0.15, 0.2) is 47.4 Å². The zero-order chi connectivity index (χ0) is 21.2. The first kappa shape index (κ1) is 21.5. The van der Waals surface area contributed by atoms with Crippen molar-refractivity contribution in [3.8, 4) is 0 Å². The van der Waals surface area contributed by atoms with E-state index in [4.69, 9.17) is 0 Å². The molecule has 0 bridgehead atoms. The van der Waals surface area contributed by atoms with Gasteiger partial charge in [-0.15, -0.1) is 0 Å². The Labute approximate surface area is 172 Å². The second-order valence-corrected chi connectivity index (χ2v) is 9.69. The molecule has 0 radical (unpaired) electrons. The van der Waals surface area contributed by atoms with Gasteiger partial charge in [0.05, 0.1) is 4.90 Å². The number of aryl methyl sites for hydroxylation is 2. The molecule has 0 atom stereocenters. The Morgan fingerprint density at radius 3 is 2.31 bits per heavy atom. The molecule has 3 rings (SSSR count). The molecule has 5 nitrogen and oxygen atoms in total. The van der Waals surface area contributed by atoms with Crippen molar-refractivity contribution >= 4 is 15.9 Å². The molecule has 29 heavy (non-hydrogen) atoms. The number of rotatable bonds is 5. The predicted octanol–water partition coefficient (Wildman–Crippen LogP) is 3.50. The van der Waals surface area contributed by atoms with Crippen LogP contribution in [-0.2, 0) is 21.4 Å². The summed E-state index contributed by atoms with van der Waals surface area (Å²) in [7, 11) is -1.87. The number of carbonyl (C=O) groups excluding carboxylic acids is 1. The van der Waals surface area contributed by atoms with Gasteiger partial charge in [0.1, 0.15) is 5.82 Å². The van der Waals surface area contributed by atoms with Crippen LogP contribution >= 0.6 is 0 Å². The maximum Gasteiger partial charge on any atom is 0.243 e. The third kappa shape index (κ3) is 4.85. The quantitative estimate of drug-likeness (QED) is 0.747. The SMILES string of the molecule is Cc1ccc(CN(C)C(=O)C2CCN(S(=O)(=O)c3ccc(F)cc3)CC2)c(C)c1. The number of nitrogens with zero attached hydrogens (tertiary/aromatic N) is 2. The molecular formula is C22H27FN2O3S. The van der Waals surface area contributed by atoms with Gasteiger partial charge in [0.25, 0.3) is 0 Å². The van der Waals surface area contributed by atoms with Crippen molar-refractivity contribution in [3.63, 3.8) is 0 Å². The van der Waals surface area contributed by atoms with Crippen molar-refractivity contribution < 1.29 is 17.6 Å². The van der Waals surface area contributed by atoms with Gasteiger partial charge in [0.2, 0.25) is 15.9 Å². The molecule has 1 saturated heterocycles. The Hall–Kier alpha value is -2.25. The minimum atomic E-state index is -3.66. The number of hydrogen-bond donors (Lipinski definition) is 0. The highest BCUT2D eigenvalue weighted by molar-refractivity contribution is 7.89. The van der Waals surface area contributed by atoms with Gasteiger partial charge in [0, 0.05) is 32.6 Å². The Morgan fingerprint density at radius 1 is 1.10 bits per heavy atom. The zero-order valence-corrected chi connectivity index (χ0v) is 17.9. The summed E-state index contributed by atoms with van der Waals surface area (Å²) in [5.41, 5.74) is 3.46. The van der Waals surface area contributed by atoms with Crippen LogP contribution in [0.4, 0.5) is 4.39 Å². The third-order valence-electron chi connectivity index (χ3n) is 5.54. The first-order valence-electron chi connectivity index (χ1n) is 9.75. The summed E-state index contributed by atoms with van der Waals surface area (Å²) in [5, 5.41) is 0. The van der Waals surface area contributed by atoms with Crippen LogP contribution in [-0.4, -0.2) is 43.7 Å². The van der Waals surface area contributed by atoms with Gasteiger partial charge in [-0.25, -0.2) is 12.8 Å². The average molecular weight is 419 g/mol. The van der Waals surface area contributed by atoms with Crippen molar-refractivity contribution in [1.82, 2.24) is 9.21 Å². The molecule has 1 fully saturated rings. The van der Waals surface area contributed by atoms with E-state index in [0.29, 0.717) is 19.4 Å². The topological polar surface area (TPSA) is 57.7 Å². The molecule has 2 aromatic carbocycles. The summed E-state index contributed by atoms with van der Waals surface area (Å²) in [4.78, 5) is 14.7. The van der Waals surface area contributed by atoms with Gasteiger partial charge in [-0.3, -0.25) is 4.79 Å². The predicted molar refractivity (Wildman–Crippen MR) is 110 cm³/mol. The van der Waals surface area contributed by atoms with Crippen molar-refractivity contribution in [1.29, 1.82) is 0 Å². The minimum absolute atomic E-state index is 0.0452. The molecule has 7 heteroatoms. The lowest BCUT2D eigenvalue weighted by molar-refractivity contribution is -0.135. The largest absolute Gasteiger partial charge is 0.341 e. The average Bonchev–Trinajstić information content (AvgIpc) is 2.70. The van der Waals surface area contributed by atoms with Crippen LogP contribution in [0.2, 0.25) is 0 Å². The van der Waals surface area contributed by atoms with Crippen LogP contribution < -0.4 is 0 Å². The van der Waals surface area contributed by atoms with Crippen molar-refractivity contribution in [3.05, 3.63) is 65.0 Å². The highest BCUT2D eigenvalue weighted by atomic mass is 32.2. The van der Waals surface area contributed by atoms with E-state index in [-0.39, 0.29) is 29.8 Å². The van der Waals surface area contributed by atoms with E-state index in [9.17, 15) is 17.6 Å². The van der Waals surface area contributed by atoms with E-state index < -0.39 is 15.8 Å². The van der Waals surface area contributed by atoms with Gasteiger partial charge in [0.15, 0.2) is 0 Å². The fourth-order valence-electron chi connectivity index (χ4n) is 3.77. The number of sulfonamides is 1. The lowest BCUT2D eigenvalue weighted by Crippen LogP contribution is -2.43. The van der Waals surface area contributed by atoms with Gasteiger partial charge in [-0.2, -0.15) is 4.31 Å². The fourth-order valence-corrected chi connectivity index (χ4v) is 5.24. The molecule has 0 aromatic heterocycles. The number of halogens is 1. The molecule has 1 aliphatic heterocycles. The van der Waals surface area contributed by atoms with Crippen molar-refractivity contribution in [2.75, 3.05) is 20.1 Å². The molecule has 1 heterocycles. The molecule has 156 valence electrons. The Bertz CT molecular complexity index is 982. The van der Waals surface area contributed by atoms with Crippen LogP contribution in [0.5, 0.6) is 0 Å². The summed E-state index contributed by atoms with van der Waals surface area (Å²) in [6.07, 6.45) is 0.965. The van der Waals surface area contributed by atoms with Gasteiger partial charge in [-0.1, -0.05) is 23.8 Å². The van der Waals surface area contributed by atoms with E-state index in [1.54, 1.807) is 11.9 Å². The minimum Gasteiger partial charge on any atom is -0.341 e. The number of benzene rings is 2. The van der Waals surface area contributed by atoms with Crippen LogP contribution in [0.1, 0.15) is 29.5 Å². The number of carbonyl (C=O) groups is 1. The smallest absolute Gasteiger partial charge is 0.243 e. The highest BCUT2D eigenvalue weighted by Gasteiger charge is 2.33. The van der Waals surface area contributed by atoms with Crippen LogP contribution in [0, 0.1) is 25.6 Å². The highest BCUT2D eigenvalue weighted by Crippen LogP contribution is 2.25. The van der Waals surface area contributed by atoms with E-state index in [1.165, 1.54) is 22.0 Å². The Balaban J connectivity index is 1.60. The van der Waals surface area contributed by atoms with Gasteiger partial charge >= 0.3 is 0 Å². The monoisotopic (exact) mass is 418 g/mol. The van der Waals surface area contributed by atoms with E-state index >= 15 is 0 Å². The summed E-state index contributed by atoms with van der Waals surface area (Å²) < 4.78 is 39.9. The van der Waals surface area contributed by atoms with Crippen molar-refractivity contribution in [2.24, 2.45) is 5.92 Å². The van der Waals surface area contributed by atoms with E-state index in [2.05, 4.69) is 6.07 Å². The standard InChI is InChI=1S/C22H27FN2O3S/c1-16-4-5-19(17(2)14-16)15-24(3)22(26)18-10-12-25(13-11-18)29(27,28)21-8-6-20(23)7-9-21/h4-9,14,18H,10-13,15H2,1-3H3. The fraction of sp³-hybridized carbons (Fsp3) is 0.409. The summed E-state index contributed by atoms with van der Waals surface area (Å²) >= 11 is 0.